The van der Waals surface area contributed by atoms with Crippen LogP contribution in [-0.4, -0.2) is 32.7 Å². The molecule has 19 heavy (non-hydrogen) atoms. The van der Waals surface area contributed by atoms with Crippen molar-refractivity contribution >= 4 is 11.6 Å². The van der Waals surface area contributed by atoms with Crippen LogP contribution in [0.25, 0.3) is 0 Å². The molecule has 2 rings (SSSR count). The van der Waals surface area contributed by atoms with Crippen LogP contribution in [0.2, 0.25) is 0 Å². The second-order valence-corrected chi connectivity index (χ2v) is 4.73. The molecule has 1 saturated heterocycles. The summed E-state index contributed by atoms with van der Waals surface area (Å²) in [5.41, 5.74) is 0.695. The summed E-state index contributed by atoms with van der Waals surface area (Å²) < 4.78 is 10.4. The van der Waals surface area contributed by atoms with Crippen molar-refractivity contribution in [2.75, 3.05) is 26.1 Å². The van der Waals surface area contributed by atoms with Crippen LogP contribution >= 0.6 is 0 Å². The minimum Gasteiger partial charge on any atom is -0.497 e. The highest BCUT2D eigenvalue weighted by Crippen LogP contribution is 2.27. The Kier molecular flexibility index (Phi) is 4.27. The SMILES string of the molecule is COc1cc(NC(=O)C2CCNC2C)cc(OC)c1. The number of nitrogens with one attached hydrogen (secondary N) is 2. The maximum absolute atomic E-state index is 12.2. The summed E-state index contributed by atoms with van der Waals surface area (Å²) in [6, 6.07) is 5.56. The summed E-state index contributed by atoms with van der Waals surface area (Å²) in [7, 11) is 3.17. The molecule has 2 atom stereocenters. The zero-order valence-electron chi connectivity index (χ0n) is 11.5. The number of hydrogen-bond donors (Lipinski definition) is 2. The minimum absolute atomic E-state index is 0.0113. The average Bonchev–Trinajstić information content (AvgIpc) is 2.84. The minimum atomic E-state index is 0.0113. The quantitative estimate of drug-likeness (QED) is 0.868. The Morgan fingerprint density at radius 2 is 1.89 bits per heavy atom. The van der Waals surface area contributed by atoms with Crippen molar-refractivity contribution in [3.05, 3.63) is 18.2 Å². The first kappa shape index (κ1) is 13.7. The molecule has 1 aliphatic heterocycles. The predicted octanol–water partition coefficient (Wildman–Crippen LogP) is 1.64. The van der Waals surface area contributed by atoms with Crippen LogP contribution in [0.4, 0.5) is 5.69 Å². The third-order valence-corrected chi connectivity index (χ3v) is 3.48. The normalized spacial score (nSPS) is 22.1. The zero-order chi connectivity index (χ0) is 13.8. The Bertz CT molecular complexity index is 440. The molecule has 0 aliphatic carbocycles. The largest absolute Gasteiger partial charge is 0.497 e. The first-order chi connectivity index (χ1) is 9.13. The Labute approximate surface area is 113 Å². The van der Waals surface area contributed by atoms with Crippen molar-refractivity contribution in [3.63, 3.8) is 0 Å². The van der Waals surface area contributed by atoms with E-state index in [0.717, 1.165) is 13.0 Å². The lowest BCUT2D eigenvalue weighted by Crippen LogP contribution is -2.32. The molecular weight excluding hydrogens is 244 g/mol. The van der Waals surface area contributed by atoms with Gasteiger partial charge in [-0.2, -0.15) is 0 Å². The van der Waals surface area contributed by atoms with Crippen LogP contribution in [-0.2, 0) is 4.79 Å². The van der Waals surface area contributed by atoms with Crippen molar-refractivity contribution in [3.8, 4) is 11.5 Å². The Hall–Kier alpha value is -1.75. The second-order valence-electron chi connectivity index (χ2n) is 4.73. The average molecular weight is 264 g/mol. The summed E-state index contributed by atoms with van der Waals surface area (Å²) in [5.74, 6) is 1.37. The van der Waals surface area contributed by atoms with Crippen LogP contribution in [0.5, 0.6) is 11.5 Å². The van der Waals surface area contributed by atoms with Gasteiger partial charge in [0.2, 0.25) is 5.91 Å². The molecule has 1 heterocycles. The van der Waals surface area contributed by atoms with Gasteiger partial charge in [-0.25, -0.2) is 0 Å². The number of carbonyl (C=O) groups excluding carboxylic acids is 1. The molecule has 104 valence electrons. The number of ether oxygens (including phenoxy) is 2. The lowest BCUT2D eigenvalue weighted by Gasteiger charge is -2.16. The fraction of sp³-hybridized carbons (Fsp3) is 0.500. The van der Waals surface area contributed by atoms with Crippen LogP contribution in [0.15, 0.2) is 18.2 Å². The summed E-state index contributed by atoms with van der Waals surface area (Å²) >= 11 is 0. The van der Waals surface area contributed by atoms with Crippen LogP contribution in [0, 0.1) is 5.92 Å². The first-order valence-corrected chi connectivity index (χ1v) is 6.41. The Morgan fingerprint density at radius 3 is 2.37 bits per heavy atom. The van der Waals surface area contributed by atoms with E-state index >= 15 is 0 Å². The number of amides is 1. The van der Waals surface area contributed by atoms with Crippen molar-refractivity contribution in [2.45, 2.75) is 19.4 Å². The molecule has 2 unspecified atom stereocenters. The van der Waals surface area contributed by atoms with Gasteiger partial charge in [0.15, 0.2) is 0 Å². The molecule has 1 fully saturated rings. The second kappa shape index (κ2) is 5.93. The van der Waals surface area contributed by atoms with Gasteiger partial charge in [0.1, 0.15) is 11.5 Å². The highest BCUT2D eigenvalue weighted by atomic mass is 16.5. The van der Waals surface area contributed by atoms with Gasteiger partial charge in [-0.15, -0.1) is 0 Å². The number of benzene rings is 1. The van der Waals surface area contributed by atoms with E-state index in [9.17, 15) is 4.79 Å². The molecule has 0 spiro atoms. The van der Waals surface area contributed by atoms with Gasteiger partial charge >= 0.3 is 0 Å². The van der Waals surface area contributed by atoms with Crippen LogP contribution in [0.1, 0.15) is 13.3 Å². The number of anilines is 1. The summed E-state index contributed by atoms with van der Waals surface area (Å²) in [6.07, 6.45) is 0.869. The van der Waals surface area contributed by atoms with E-state index < -0.39 is 0 Å². The van der Waals surface area contributed by atoms with E-state index in [1.807, 2.05) is 6.92 Å². The molecule has 1 aliphatic rings. The van der Waals surface area contributed by atoms with E-state index in [2.05, 4.69) is 10.6 Å². The summed E-state index contributed by atoms with van der Waals surface area (Å²) in [5, 5.41) is 6.20. The van der Waals surface area contributed by atoms with Gasteiger partial charge < -0.3 is 20.1 Å². The number of rotatable bonds is 4. The molecule has 1 aromatic carbocycles. The maximum Gasteiger partial charge on any atom is 0.229 e. The molecular formula is C14H20N2O3. The monoisotopic (exact) mass is 264 g/mol. The van der Waals surface area contributed by atoms with E-state index in [-0.39, 0.29) is 17.9 Å². The van der Waals surface area contributed by atoms with Crippen molar-refractivity contribution in [2.24, 2.45) is 5.92 Å². The lowest BCUT2D eigenvalue weighted by molar-refractivity contribution is -0.119. The molecule has 0 bridgehead atoms. The molecule has 5 heteroatoms. The molecule has 1 amide bonds. The molecule has 0 aromatic heterocycles. The van der Waals surface area contributed by atoms with Crippen molar-refractivity contribution in [1.29, 1.82) is 0 Å². The Balaban J connectivity index is 2.11. The third kappa shape index (κ3) is 3.17. The fourth-order valence-corrected chi connectivity index (χ4v) is 2.33. The van der Waals surface area contributed by atoms with Gasteiger partial charge in [0.25, 0.3) is 0 Å². The molecule has 0 radical (unpaired) electrons. The highest BCUT2D eigenvalue weighted by Gasteiger charge is 2.29. The van der Waals surface area contributed by atoms with Crippen molar-refractivity contribution < 1.29 is 14.3 Å². The summed E-state index contributed by atoms with van der Waals surface area (Å²) in [4.78, 5) is 12.2. The van der Waals surface area contributed by atoms with E-state index in [4.69, 9.17) is 9.47 Å². The topological polar surface area (TPSA) is 59.6 Å². The lowest BCUT2D eigenvalue weighted by atomic mass is 10.0. The molecule has 1 aromatic rings. The van der Waals surface area contributed by atoms with Gasteiger partial charge in [-0.1, -0.05) is 0 Å². The highest BCUT2D eigenvalue weighted by molar-refractivity contribution is 5.93. The maximum atomic E-state index is 12.2. The van der Waals surface area contributed by atoms with E-state index in [1.165, 1.54) is 0 Å². The third-order valence-electron chi connectivity index (χ3n) is 3.48. The molecule has 0 saturated carbocycles. The van der Waals surface area contributed by atoms with Gasteiger partial charge in [-0.3, -0.25) is 4.79 Å². The standard InChI is InChI=1S/C14H20N2O3/c1-9-13(4-5-15-9)14(17)16-10-6-11(18-2)8-12(7-10)19-3/h6-9,13,15H,4-5H2,1-3H3,(H,16,17). The van der Waals surface area contributed by atoms with Crippen LogP contribution in [0.3, 0.4) is 0 Å². The van der Waals surface area contributed by atoms with E-state index in [1.54, 1.807) is 32.4 Å². The fourth-order valence-electron chi connectivity index (χ4n) is 2.33. The van der Waals surface area contributed by atoms with Gasteiger partial charge in [-0.05, 0) is 19.9 Å². The van der Waals surface area contributed by atoms with Gasteiger partial charge in [0, 0.05) is 29.9 Å². The first-order valence-electron chi connectivity index (χ1n) is 6.41. The number of hydrogen-bond acceptors (Lipinski definition) is 4. The number of methoxy groups -OCH3 is 2. The number of carbonyl (C=O) groups is 1. The Morgan fingerprint density at radius 1 is 1.26 bits per heavy atom. The van der Waals surface area contributed by atoms with E-state index in [0.29, 0.717) is 17.2 Å². The summed E-state index contributed by atoms with van der Waals surface area (Å²) in [6.45, 7) is 2.92. The van der Waals surface area contributed by atoms with Gasteiger partial charge in [0.05, 0.1) is 20.1 Å². The van der Waals surface area contributed by atoms with Crippen LogP contribution < -0.4 is 20.1 Å². The van der Waals surface area contributed by atoms with Crippen molar-refractivity contribution in [1.82, 2.24) is 5.32 Å². The molecule has 5 nitrogen and oxygen atoms in total. The molecule has 2 N–H and O–H groups in total. The smallest absolute Gasteiger partial charge is 0.229 e. The predicted molar refractivity (Wildman–Crippen MR) is 73.7 cm³/mol. The zero-order valence-corrected chi connectivity index (χ0v) is 11.5.